The van der Waals surface area contributed by atoms with Gasteiger partial charge in [0.15, 0.2) is 0 Å². The van der Waals surface area contributed by atoms with Gasteiger partial charge in [-0.05, 0) is 35.2 Å². The molecule has 4 rings (SSSR count). The van der Waals surface area contributed by atoms with Crippen LogP contribution in [0.15, 0.2) is 88.7 Å². The van der Waals surface area contributed by atoms with E-state index in [0.29, 0.717) is 22.8 Å². The molecule has 0 amide bonds. The highest BCUT2D eigenvalue weighted by Gasteiger charge is 2.18. The number of rotatable bonds is 5. The summed E-state index contributed by atoms with van der Waals surface area (Å²) < 4.78 is 63.6. The molecule has 0 spiro atoms. The van der Waals surface area contributed by atoms with Crippen molar-refractivity contribution < 1.29 is 25.9 Å². The van der Waals surface area contributed by atoms with Crippen LogP contribution in [0.1, 0.15) is 25.3 Å². The molecule has 168 valence electrons. The van der Waals surface area contributed by atoms with Crippen molar-refractivity contribution in [2.24, 2.45) is 0 Å². The average Bonchev–Trinajstić information content (AvgIpc) is 2.76. The van der Waals surface area contributed by atoms with Crippen LogP contribution in [0.5, 0.6) is 0 Å². The second-order valence-electron chi connectivity index (χ2n) is 7.31. The first-order chi connectivity index (χ1) is 15.1. The predicted molar refractivity (Wildman–Crippen MR) is 126 cm³/mol. The van der Waals surface area contributed by atoms with E-state index >= 15 is 0 Å². The van der Waals surface area contributed by atoms with Gasteiger partial charge in [0.1, 0.15) is 9.79 Å². The topological polar surface area (TPSA) is 109 Å². The first kappa shape index (κ1) is 23.9. The molecule has 0 atom stereocenters. The quantitative estimate of drug-likeness (QED) is 0.371. The van der Waals surface area contributed by atoms with Crippen LogP contribution in [0.2, 0.25) is 0 Å². The summed E-state index contributed by atoms with van der Waals surface area (Å²) in [5.74, 6) is 0. The van der Waals surface area contributed by atoms with Gasteiger partial charge in [-0.15, -0.1) is 0 Å². The van der Waals surface area contributed by atoms with Crippen LogP contribution in [0, 0.1) is 0 Å². The molecule has 0 aliphatic heterocycles. The van der Waals surface area contributed by atoms with Crippen LogP contribution in [-0.4, -0.2) is 25.9 Å². The van der Waals surface area contributed by atoms with Gasteiger partial charge < -0.3 is 0 Å². The molecule has 8 heteroatoms. The zero-order chi connectivity index (χ0) is 23.4. The number of benzene rings is 4. The third kappa shape index (κ3) is 5.52. The molecule has 0 fully saturated rings. The van der Waals surface area contributed by atoms with Crippen molar-refractivity contribution in [3.63, 3.8) is 0 Å². The lowest BCUT2D eigenvalue weighted by atomic mass is 10.0. The van der Waals surface area contributed by atoms with E-state index in [-0.39, 0.29) is 9.79 Å². The normalized spacial score (nSPS) is 11.8. The summed E-state index contributed by atoms with van der Waals surface area (Å²) in [6.07, 6.45) is 2.55. The van der Waals surface area contributed by atoms with Crippen LogP contribution in [0.3, 0.4) is 0 Å². The Morgan fingerprint density at radius 3 is 1.81 bits per heavy atom. The number of hydrogen-bond donors (Lipinski definition) is 2. The minimum absolute atomic E-state index is 0.0457. The van der Waals surface area contributed by atoms with Gasteiger partial charge in [-0.3, -0.25) is 9.11 Å². The molecule has 4 aromatic carbocycles. The zero-order valence-electron chi connectivity index (χ0n) is 17.5. The molecule has 0 heterocycles. The largest absolute Gasteiger partial charge is 0.295 e. The highest BCUT2D eigenvalue weighted by molar-refractivity contribution is 7.86. The van der Waals surface area contributed by atoms with E-state index in [9.17, 15) is 21.4 Å². The van der Waals surface area contributed by atoms with Crippen molar-refractivity contribution in [3.05, 3.63) is 84.4 Å². The van der Waals surface area contributed by atoms with Crippen LogP contribution >= 0.6 is 0 Å². The lowest BCUT2D eigenvalue weighted by Gasteiger charge is -2.10. The van der Waals surface area contributed by atoms with Crippen molar-refractivity contribution in [1.82, 2.24) is 0 Å². The monoisotopic (exact) mass is 472 g/mol. The van der Waals surface area contributed by atoms with Gasteiger partial charge in [0, 0.05) is 10.8 Å². The molecule has 0 unspecified atom stereocenters. The molecule has 0 bridgehead atoms. The van der Waals surface area contributed by atoms with Crippen molar-refractivity contribution in [2.75, 3.05) is 0 Å². The van der Waals surface area contributed by atoms with Crippen LogP contribution in [0.4, 0.5) is 0 Å². The fourth-order valence-electron chi connectivity index (χ4n) is 3.58. The summed E-state index contributed by atoms with van der Waals surface area (Å²) in [6.45, 7) is 2.05. The molecular weight excluding hydrogens is 448 g/mol. The van der Waals surface area contributed by atoms with Gasteiger partial charge in [-0.1, -0.05) is 86.1 Å². The van der Waals surface area contributed by atoms with E-state index in [4.69, 9.17) is 4.55 Å². The lowest BCUT2D eigenvalue weighted by molar-refractivity contribution is 0.481. The summed E-state index contributed by atoms with van der Waals surface area (Å²) in [6, 6.07) is 22.7. The molecule has 0 aliphatic carbocycles. The Morgan fingerprint density at radius 2 is 1.22 bits per heavy atom. The summed E-state index contributed by atoms with van der Waals surface area (Å²) in [5, 5.41) is 2.75. The summed E-state index contributed by atoms with van der Waals surface area (Å²) in [5.41, 5.74) is 0.693. The lowest BCUT2D eigenvalue weighted by Crippen LogP contribution is -2.04. The summed E-state index contributed by atoms with van der Waals surface area (Å²) in [4.78, 5) is 0.0182. The molecule has 0 aliphatic rings. The first-order valence-electron chi connectivity index (χ1n) is 10.1. The number of hydrogen-bond acceptors (Lipinski definition) is 4. The second kappa shape index (κ2) is 9.79. The van der Waals surface area contributed by atoms with Crippen LogP contribution < -0.4 is 0 Å². The molecule has 0 saturated carbocycles. The van der Waals surface area contributed by atoms with Crippen molar-refractivity contribution in [3.8, 4) is 0 Å². The Kier molecular flexibility index (Phi) is 7.30. The molecule has 4 aromatic rings. The van der Waals surface area contributed by atoms with Gasteiger partial charge >= 0.3 is 0 Å². The molecule has 6 nitrogen and oxygen atoms in total. The van der Waals surface area contributed by atoms with E-state index in [0.717, 1.165) is 23.6 Å². The van der Waals surface area contributed by atoms with Crippen molar-refractivity contribution >= 4 is 41.8 Å². The Morgan fingerprint density at radius 1 is 0.656 bits per heavy atom. The zero-order valence-corrected chi connectivity index (χ0v) is 19.1. The fourth-order valence-corrected chi connectivity index (χ4v) is 5.26. The minimum atomic E-state index is -4.19. The maximum atomic E-state index is 11.6. The van der Waals surface area contributed by atoms with E-state index < -0.39 is 20.2 Å². The molecule has 0 radical (unpaired) electrons. The van der Waals surface area contributed by atoms with Crippen molar-refractivity contribution in [2.45, 2.75) is 36.0 Å². The van der Waals surface area contributed by atoms with E-state index in [2.05, 4.69) is 0 Å². The Balaban J connectivity index is 0.000000186. The van der Waals surface area contributed by atoms with Gasteiger partial charge in [-0.25, -0.2) is 0 Å². The highest BCUT2D eigenvalue weighted by atomic mass is 32.2. The molecule has 0 aromatic heterocycles. The molecule has 2 N–H and O–H groups in total. The Labute approximate surface area is 188 Å². The predicted octanol–water partition coefficient (Wildman–Crippen LogP) is 5.52. The Hall–Kier alpha value is -2.78. The average molecular weight is 473 g/mol. The third-order valence-electron chi connectivity index (χ3n) is 5.05. The second-order valence-corrected chi connectivity index (χ2v) is 10.1. The molecule has 32 heavy (non-hydrogen) atoms. The van der Waals surface area contributed by atoms with E-state index in [1.165, 1.54) is 6.07 Å². The maximum absolute atomic E-state index is 11.6. The third-order valence-corrected chi connectivity index (χ3v) is 6.96. The maximum Gasteiger partial charge on any atom is 0.295 e. The standard InChI is InChI=1S/C14H16O3S.C10H8O3S/c1-2-3-6-12-10-9-11-7-4-5-8-13(11)14(12)18(15,16)17;11-14(12,13)10-7-3-5-8-4-1-2-6-9(8)10/h4-5,7-10H,2-3,6H2,1H3,(H,15,16,17);1-7H,(H,11,12,13). The molecular formula is C24H24O6S2. The SMILES string of the molecule is CCCCc1ccc2ccccc2c1S(=O)(=O)O.O=S(=O)(O)c1cccc2ccccc12. The Bertz CT molecular complexity index is 1450. The van der Waals surface area contributed by atoms with Crippen LogP contribution in [-0.2, 0) is 26.7 Å². The van der Waals surface area contributed by atoms with Gasteiger partial charge in [0.05, 0.1) is 0 Å². The van der Waals surface area contributed by atoms with E-state index in [1.807, 2.05) is 31.2 Å². The minimum Gasteiger partial charge on any atom is -0.282 e. The van der Waals surface area contributed by atoms with Crippen LogP contribution in [0.25, 0.3) is 21.5 Å². The smallest absolute Gasteiger partial charge is 0.282 e. The summed E-state index contributed by atoms with van der Waals surface area (Å²) >= 11 is 0. The molecule has 0 saturated heterocycles. The number of unbranched alkanes of at least 4 members (excludes halogenated alkanes) is 1. The summed E-state index contributed by atoms with van der Waals surface area (Å²) in [7, 11) is -8.32. The first-order valence-corrected chi connectivity index (χ1v) is 12.9. The van der Waals surface area contributed by atoms with Gasteiger partial charge in [0.2, 0.25) is 0 Å². The van der Waals surface area contributed by atoms with Crippen molar-refractivity contribution in [1.29, 1.82) is 0 Å². The van der Waals surface area contributed by atoms with Gasteiger partial charge in [-0.2, -0.15) is 16.8 Å². The fraction of sp³-hybridized carbons (Fsp3) is 0.167. The number of aryl methyl sites for hydroxylation is 1. The van der Waals surface area contributed by atoms with Gasteiger partial charge in [0.25, 0.3) is 20.2 Å². The van der Waals surface area contributed by atoms with E-state index in [1.54, 1.807) is 48.5 Å². The number of fused-ring (bicyclic) bond motifs is 2. The highest BCUT2D eigenvalue weighted by Crippen LogP contribution is 2.28.